The van der Waals surface area contributed by atoms with Crippen molar-refractivity contribution in [2.45, 2.75) is 20.8 Å². The van der Waals surface area contributed by atoms with Crippen molar-refractivity contribution in [2.24, 2.45) is 0 Å². The molecule has 31 heavy (non-hydrogen) atoms. The predicted molar refractivity (Wildman–Crippen MR) is 122 cm³/mol. The summed E-state index contributed by atoms with van der Waals surface area (Å²) in [5, 5.41) is 3.66. The summed E-state index contributed by atoms with van der Waals surface area (Å²) in [6, 6.07) is 16.3. The third-order valence-electron chi connectivity index (χ3n) is 5.11. The second-order valence-electron chi connectivity index (χ2n) is 7.63. The van der Waals surface area contributed by atoms with E-state index in [9.17, 15) is 14.0 Å². The molecule has 156 valence electrons. The monoisotopic (exact) mass is 434 g/mol. The molecule has 0 saturated heterocycles. The molecule has 3 aromatic carbocycles. The van der Waals surface area contributed by atoms with Crippen LogP contribution in [0.2, 0.25) is 5.02 Å². The number of amides is 2. The maximum Gasteiger partial charge on any atom is 0.282 e. The van der Waals surface area contributed by atoms with Gasteiger partial charge in [-0.05, 0) is 85.5 Å². The topological polar surface area (TPSA) is 49.4 Å². The van der Waals surface area contributed by atoms with Crippen LogP contribution >= 0.6 is 11.6 Å². The van der Waals surface area contributed by atoms with E-state index in [4.69, 9.17) is 11.6 Å². The zero-order valence-corrected chi connectivity index (χ0v) is 18.0. The first-order chi connectivity index (χ1) is 14.7. The van der Waals surface area contributed by atoms with Crippen LogP contribution in [-0.2, 0) is 9.59 Å². The fourth-order valence-corrected chi connectivity index (χ4v) is 4.04. The first-order valence-corrected chi connectivity index (χ1v) is 10.1. The minimum Gasteiger partial charge on any atom is -0.350 e. The molecule has 1 aliphatic heterocycles. The van der Waals surface area contributed by atoms with Gasteiger partial charge in [-0.25, -0.2) is 9.29 Å². The van der Waals surface area contributed by atoms with Gasteiger partial charge in [0.1, 0.15) is 11.5 Å². The third kappa shape index (κ3) is 3.97. The van der Waals surface area contributed by atoms with E-state index >= 15 is 0 Å². The molecule has 6 heteroatoms. The van der Waals surface area contributed by atoms with Gasteiger partial charge in [0.25, 0.3) is 11.8 Å². The first kappa shape index (κ1) is 20.8. The molecule has 0 radical (unpaired) electrons. The van der Waals surface area contributed by atoms with E-state index in [1.165, 1.54) is 24.3 Å². The fraction of sp³-hybridized carbons (Fsp3) is 0.120. The van der Waals surface area contributed by atoms with Crippen molar-refractivity contribution >= 4 is 40.4 Å². The molecule has 1 heterocycles. The van der Waals surface area contributed by atoms with Crippen LogP contribution < -0.4 is 10.2 Å². The number of rotatable bonds is 4. The molecular formula is C25H20ClFN2O2. The molecule has 3 aromatic rings. The van der Waals surface area contributed by atoms with Gasteiger partial charge in [0.05, 0.1) is 11.3 Å². The highest BCUT2D eigenvalue weighted by Crippen LogP contribution is 2.36. The normalized spacial score (nSPS) is 13.9. The summed E-state index contributed by atoms with van der Waals surface area (Å²) in [4.78, 5) is 28.0. The van der Waals surface area contributed by atoms with Crippen LogP contribution in [0.5, 0.6) is 0 Å². The van der Waals surface area contributed by atoms with Gasteiger partial charge in [-0.1, -0.05) is 29.8 Å². The number of aryl methyl sites for hydroxylation is 3. The molecule has 0 aliphatic carbocycles. The molecule has 4 rings (SSSR count). The highest BCUT2D eigenvalue weighted by atomic mass is 35.5. The van der Waals surface area contributed by atoms with E-state index in [2.05, 4.69) is 5.32 Å². The average molecular weight is 435 g/mol. The molecule has 0 spiro atoms. The average Bonchev–Trinajstić information content (AvgIpc) is 2.92. The summed E-state index contributed by atoms with van der Waals surface area (Å²) in [6.45, 7) is 5.70. The molecule has 1 aliphatic rings. The van der Waals surface area contributed by atoms with Crippen LogP contribution in [0.1, 0.15) is 22.3 Å². The second-order valence-corrected chi connectivity index (χ2v) is 8.07. The van der Waals surface area contributed by atoms with Gasteiger partial charge in [0.2, 0.25) is 0 Å². The molecule has 4 nitrogen and oxygen atoms in total. The van der Waals surface area contributed by atoms with Gasteiger partial charge in [-0.15, -0.1) is 0 Å². The van der Waals surface area contributed by atoms with E-state index < -0.39 is 17.6 Å². The summed E-state index contributed by atoms with van der Waals surface area (Å²) in [7, 11) is 0. The Bertz CT molecular complexity index is 1230. The van der Waals surface area contributed by atoms with Gasteiger partial charge in [0.15, 0.2) is 0 Å². The van der Waals surface area contributed by atoms with Crippen molar-refractivity contribution in [1.29, 1.82) is 0 Å². The Morgan fingerprint density at radius 1 is 0.839 bits per heavy atom. The number of nitrogens with one attached hydrogen (secondary N) is 1. The van der Waals surface area contributed by atoms with Crippen molar-refractivity contribution in [3.05, 3.63) is 99.5 Å². The Morgan fingerprint density at radius 3 is 2.10 bits per heavy atom. The Hall–Kier alpha value is -3.44. The number of nitrogens with zero attached hydrogens (tertiary/aromatic N) is 1. The number of carbonyl (C=O) groups excluding carboxylic acids is 2. The van der Waals surface area contributed by atoms with E-state index in [0.717, 1.165) is 16.0 Å². The molecule has 0 saturated carbocycles. The molecular weight excluding hydrogens is 415 g/mol. The number of hydrogen-bond donors (Lipinski definition) is 1. The maximum absolute atomic E-state index is 13.5. The van der Waals surface area contributed by atoms with Crippen molar-refractivity contribution < 1.29 is 14.0 Å². The molecule has 0 fully saturated rings. The van der Waals surface area contributed by atoms with Crippen LogP contribution in [0.3, 0.4) is 0 Å². The van der Waals surface area contributed by atoms with Gasteiger partial charge in [-0.3, -0.25) is 9.59 Å². The summed E-state index contributed by atoms with van der Waals surface area (Å²) in [5.41, 5.74) is 4.69. The van der Waals surface area contributed by atoms with E-state index in [-0.39, 0.29) is 11.3 Å². The Labute approximate surface area is 185 Å². The lowest BCUT2D eigenvalue weighted by molar-refractivity contribution is -0.120. The molecule has 0 bridgehead atoms. The van der Waals surface area contributed by atoms with Gasteiger partial charge in [0, 0.05) is 10.7 Å². The summed E-state index contributed by atoms with van der Waals surface area (Å²) >= 11 is 6.05. The SMILES string of the molecule is Cc1cc(C)cc(NC2=C(c3ccc(F)cc3)C(=O)N(c3ccc(Cl)cc3C)C2=O)c1. The highest BCUT2D eigenvalue weighted by molar-refractivity contribution is 6.46. The number of imide groups is 1. The van der Waals surface area contributed by atoms with Gasteiger partial charge >= 0.3 is 0 Å². The quantitative estimate of drug-likeness (QED) is 0.528. The zero-order chi connectivity index (χ0) is 22.3. The number of halogens is 2. The standard InChI is InChI=1S/C25H20ClFN2O2/c1-14-10-15(2)12-20(11-14)28-23-22(17-4-7-19(27)8-5-17)24(30)29(25(23)31)21-9-6-18(26)13-16(21)3/h4-13,28H,1-3H3. The minimum absolute atomic E-state index is 0.149. The fourth-order valence-electron chi connectivity index (χ4n) is 3.81. The number of anilines is 2. The largest absolute Gasteiger partial charge is 0.350 e. The van der Waals surface area contributed by atoms with Crippen LogP contribution in [0.15, 0.2) is 66.4 Å². The first-order valence-electron chi connectivity index (χ1n) is 9.75. The summed E-state index contributed by atoms with van der Waals surface area (Å²) in [6.07, 6.45) is 0. The maximum atomic E-state index is 13.5. The van der Waals surface area contributed by atoms with Crippen LogP contribution in [0, 0.1) is 26.6 Å². The van der Waals surface area contributed by atoms with Crippen LogP contribution in [0.25, 0.3) is 5.57 Å². The molecule has 1 N–H and O–H groups in total. The van der Waals surface area contributed by atoms with E-state index in [1.54, 1.807) is 25.1 Å². The van der Waals surface area contributed by atoms with Crippen LogP contribution in [0.4, 0.5) is 15.8 Å². The molecule has 0 unspecified atom stereocenters. The predicted octanol–water partition coefficient (Wildman–Crippen LogP) is 5.80. The van der Waals surface area contributed by atoms with E-state index in [0.29, 0.717) is 27.5 Å². The second kappa shape index (κ2) is 8.00. The number of hydrogen-bond acceptors (Lipinski definition) is 3. The van der Waals surface area contributed by atoms with E-state index in [1.807, 2.05) is 32.0 Å². The van der Waals surface area contributed by atoms with Crippen molar-refractivity contribution in [2.75, 3.05) is 10.2 Å². The van der Waals surface area contributed by atoms with Crippen LogP contribution in [-0.4, -0.2) is 11.8 Å². The highest BCUT2D eigenvalue weighted by Gasteiger charge is 2.40. The lowest BCUT2D eigenvalue weighted by Crippen LogP contribution is -2.33. The summed E-state index contributed by atoms with van der Waals surface area (Å²) < 4.78 is 13.5. The zero-order valence-electron chi connectivity index (χ0n) is 17.3. The Balaban J connectivity index is 1.85. The van der Waals surface area contributed by atoms with Gasteiger partial charge in [-0.2, -0.15) is 0 Å². The van der Waals surface area contributed by atoms with Crippen molar-refractivity contribution in [3.63, 3.8) is 0 Å². The minimum atomic E-state index is -0.478. The lowest BCUT2D eigenvalue weighted by atomic mass is 10.0. The molecule has 2 amide bonds. The summed E-state index contributed by atoms with van der Waals surface area (Å²) in [5.74, 6) is -1.38. The van der Waals surface area contributed by atoms with Crippen molar-refractivity contribution in [1.82, 2.24) is 0 Å². The number of benzene rings is 3. The Kier molecular flexibility index (Phi) is 5.38. The Morgan fingerprint density at radius 2 is 1.48 bits per heavy atom. The molecule has 0 aromatic heterocycles. The van der Waals surface area contributed by atoms with Crippen molar-refractivity contribution in [3.8, 4) is 0 Å². The smallest absolute Gasteiger partial charge is 0.282 e. The number of carbonyl (C=O) groups is 2. The van der Waals surface area contributed by atoms with Gasteiger partial charge < -0.3 is 5.32 Å². The lowest BCUT2D eigenvalue weighted by Gasteiger charge is -2.18. The molecule has 0 atom stereocenters. The third-order valence-corrected chi connectivity index (χ3v) is 5.34.